The van der Waals surface area contributed by atoms with Crippen LogP contribution in [0.2, 0.25) is 5.02 Å². The van der Waals surface area contributed by atoms with E-state index in [2.05, 4.69) is 15.3 Å². The molecule has 1 atom stereocenters. The van der Waals surface area contributed by atoms with Crippen LogP contribution in [0.4, 0.5) is 8.78 Å². The maximum absolute atomic E-state index is 16.0. The van der Waals surface area contributed by atoms with Gasteiger partial charge in [-0.05, 0) is 47.3 Å². The van der Waals surface area contributed by atoms with Crippen LogP contribution in [-0.2, 0) is 11.7 Å². The lowest BCUT2D eigenvalue weighted by Crippen LogP contribution is -2.70. The van der Waals surface area contributed by atoms with Crippen molar-refractivity contribution in [1.82, 2.24) is 20.2 Å². The number of amides is 1. The number of piperidine rings is 1. The zero-order chi connectivity index (χ0) is 25.5. The smallest absolute Gasteiger partial charge is 0.253 e. The molecule has 2 heterocycles. The highest BCUT2D eigenvalue weighted by Crippen LogP contribution is 2.40. The van der Waals surface area contributed by atoms with Crippen molar-refractivity contribution in [2.75, 3.05) is 6.54 Å². The topological polar surface area (TPSA) is 58.1 Å². The van der Waals surface area contributed by atoms with E-state index in [1.807, 2.05) is 0 Å². The molecule has 2 aromatic rings. The second-order valence-corrected chi connectivity index (χ2v) is 8.92. The van der Waals surface area contributed by atoms with Gasteiger partial charge in [-0.3, -0.25) is 4.79 Å². The number of carbonyl (C=O) groups is 1. The SMILES string of the molecule is [B]C([B])([B])c1cnc(CNC([B])([B])C2(F)CCN(C(=O)c3ccc(F)c(Cl)c3)C([B])([B])C2)nc1. The van der Waals surface area contributed by atoms with Crippen LogP contribution in [0.25, 0.3) is 0 Å². The Kier molecular flexibility index (Phi) is 7.46. The van der Waals surface area contributed by atoms with Gasteiger partial charge in [-0.2, -0.15) is 0 Å². The molecule has 1 unspecified atom stereocenters. The van der Waals surface area contributed by atoms with E-state index in [0.29, 0.717) is 0 Å². The minimum atomic E-state index is -2.32. The lowest BCUT2D eigenvalue weighted by atomic mass is 9.40. The van der Waals surface area contributed by atoms with E-state index in [-0.39, 0.29) is 41.5 Å². The Labute approximate surface area is 211 Å². The fourth-order valence-electron chi connectivity index (χ4n) is 3.61. The molecule has 3 rings (SSSR count). The van der Waals surface area contributed by atoms with Crippen molar-refractivity contribution in [2.24, 2.45) is 0 Å². The number of halogens is 3. The molecule has 5 nitrogen and oxygen atoms in total. The van der Waals surface area contributed by atoms with Crippen molar-refractivity contribution in [2.45, 2.75) is 40.8 Å². The number of benzene rings is 1. The maximum atomic E-state index is 16.0. The summed E-state index contributed by atoms with van der Waals surface area (Å²) < 4.78 is 29.4. The number of likely N-dealkylation sites (tertiary alicyclic amines) is 1. The molecule has 1 aliphatic heterocycles. The van der Waals surface area contributed by atoms with E-state index in [9.17, 15) is 9.18 Å². The Balaban J connectivity index is 1.71. The van der Waals surface area contributed by atoms with Gasteiger partial charge in [-0.1, -0.05) is 11.6 Å². The summed E-state index contributed by atoms with van der Waals surface area (Å²) in [6, 6.07) is 3.40. The van der Waals surface area contributed by atoms with Gasteiger partial charge in [-0.25, -0.2) is 18.7 Å². The minimum absolute atomic E-state index is 0.0416. The number of aromatic nitrogens is 2. The Hall–Kier alpha value is -1.67. The van der Waals surface area contributed by atoms with Crippen LogP contribution in [0, 0.1) is 5.82 Å². The van der Waals surface area contributed by atoms with Gasteiger partial charge >= 0.3 is 0 Å². The van der Waals surface area contributed by atoms with Crippen LogP contribution >= 0.6 is 11.6 Å². The molecule has 0 aliphatic carbocycles. The quantitative estimate of drug-likeness (QED) is 0.593. The van der Waals surface area contributed by atoms with Gasteiger partial charge in [0.05, 0.1) is 66.5 Å². The van der Waals surface area contributed by atoms with Crippen molar-refractivity contribution in [3.63, 3.8) is 0 Å². The number of hydrogen-bond acceptors (Lipinski definition) is 4. The molecule has 0 saturated carbocycles. The predicted molar refractivity (Wildman–Crippen MR) is 132 cm³/mol. The number of carbonyl (C=O) groups excluding carboxylic acids is 1. The van der Waals surface area contributed by atoms with Crippen LogP contribution in [0.3, 0.4) is 0 Å². The van der Waals surface area contributed by atoms with E-state index in [0.717, 1.165) is 17.0 Å². The summed E-state index contributed by atoms with van der Waals surface area (Å²) in [6.45, 7) is -0.337. The first-order chi connectivity index (χ1) is 15.6. The van der Waals surface area contributed by atoms with Gasteiger partial charge in [0.15, 0.2) is 0 Å². The largest absolute Gasteiger partial charge is 0.350 e. The lowest BCUT2D eigenvalue weighted by Gasteiger charge is -2.55. The molecule has 1 N–H and O–H groups in total. The average Bonchev–Trinajstić information content (AvgIpc) is 2.73. The van der Waals surface area contributed by atoms with Crippen molar-refractivity contribution in [1.29, 1.82) is 0 Å². The normalized spacial score (nSPS) is 20.7. The third-order valence-electron chi connectivity index (χ3n) is 5.70. The second-order valence-electron chi connectivity index (χ2n) is 8.51. The van der Waals surface area contributed by atoms with Crippen LogP contribution < -0.4 is 5.32 Å². The van der Waals surface area contributed by atoms with E-state index in [4.69, 9.17) is 66.5 Å². The number of nitrogens with one attached hydrogen (secondary N) is 1. The van der Waals surface area contributed by atoms with Gasteiger partial charge in [0.25, 0.3) is 5.91 Å². The fraction of sp³-hybridized carbons (Fsp3) is 0.421. The van der Waals surface area contributed by atoms with Crippen LogP contribution in [0.1, 0.15) is 34.6 Å². The van der Waals surface area contributed by atoms with E-state index in [1.54, 1.807) is 0 Å². The Morgan fingerprint density at radius 1 is 1.18 bits per heavy atom. The first-order valence-electron chi connectivity index (χ1n) is 10.1. The van der Waals surface area contributed by atoms with E-state index < -0.39 is 39.6 Å². The number of hydrogen-bond donors (Lipinski definition) is 1. The van der Waals surface area contributed by atoms with Crippen molar-refractivity contribution >= 4 is 72.4 Å². The molecule has 1 aromatic carbocycles. The summed E-state index contributed by atoms with van der Waals surface area (Å²) >= 11 is 5.75. The molecule has 1 fully saturated rings. The third-order valence-corrected chi connectivity index (χ3v) is 5.98. The van der Waals surface area contributed by atoms with Gasteiger partial charge in [0.2, 0.25) is 0 Å². The molecule has 34 heavy (non-hydrogen) atoms. The van der Waals surface area contributed by atoms with E-state index in [1.165, 1.54) is 18.5 Å². The molecule has 0 spiro atoms. The Morgan fingerprint density at radius 3 is 2.32 bits per heavy atom. The molecule has 14 radical (unpaired) electrons. The molecule has 1 saturated heterocycles. The molecule has 1 aromatic heterocycles. The van der Waals surface area contributed by atoms with Gasteiger partial charge in [-0.15, -0.1) is 5.11 Å². The summed E-state index contributed by atoms with van der Waals surface area (Å²) in [5.41, 5.74) is -2.00. The number of nitrogens with zero attached hydrogens (tertiary/aromatic N) is 3. The Morgan fingerprint density at radius 2 is 1.79 bits per heavy atom. The van der Waals surface area contributed by atoms with Crippen LogP contribution in [0.15, 0.2) is 30.6 Å². The first kappa shape index (κ1) is 26.9. The second kappa shape index (κ2) is 9.42. The van der Waals surface area contributed by atoms with Crippen LogP contribution in [-0.4, -0.2) is 98.6 Å². The lowest BCUT2D eigenvalue weighted by molar-refractivity contribution is 0.0103. The summed E-state index contributed by atoms with van der Waals surface area (Å²) in [5, 5.41) is -3.28. The van der Waals surface area contributed by atoms with Crippen molar-refractivity contribution in [3.05, 3.63) is 58.4 Å². The number of alkyl halides is 1. The minimum Gasteiger partial charge on any atom is -0.350 e. The Bertz CT molecular complexity index is 1070. The maximum Gasteiger partial charge on any atom is 0.253 e. The van der Waals surface area contributed by atoms with Crippen molar-refractivity contribution < 1.29 is 13.6 Å². The van der Waals surface area contributed by atoms with Crippen molar-refractivity contribution in [3.8, 4) is 0 Å². The third kappa shape index (κ3) is 5.59. The summed E-state index contributed by atoms with van der Waals surface area (Å²) in [6.07, 6.45) is 1.75. The zero-order valence-electron chi connectivity index (χ0n) is 18.1. The standard InChI is InChI=1S/C19H14B7ClF2N4O/c20-17(21)9-16(29,3-4-33(17)15(34)10-1-2-13(28)12(27)5-10)19(25,26)32-8-14-30-6-11(7-31-14)18(22,23)24/h1-2,5-7,32H,3-4,8-9H2. The summed E-state index contributed by atoms with van der Waals surface area (Å²) in [7, 11) is 41.0. The molecule has 1 aliphatic rings. The fourth-order valence-corrected chi connectivity index (χ4v) is 3.79. The first-order valence-corrected chi connectivity index (χ1v) is 10.5. The molecular weight excluding hydrogens is 449 g/mol. The summed E-state index contributed by atoms with van der Waals surface area (Å²) in [5.74, 6) is -1.13. The highest BCUT2D eigenvalue weighted by atomic mass is 35.5. The predicted octanol–water partition coefficient (Wildman–Crippen LogP) is -0.399. The molecular formula is C19H14B7ClF2N4O. The molecule has 0 bridgehead atoms. The molecule has 1 amide bonds. The van der Waals surface area contributed by atoms with Crippen LogP contribution in [0.5, 0.6) is 0 Å². The monoisotopic (exact) mass is 464 g/mol. The highest BCUT2D eigenvalue weighted by molar-refractivity contribution is 6.58. The molecule has 158 valence electrons. The highest BCUT2D eigenvalue weighted by Gasteiger charge is 2.52. The average molecular weight is 463 g/mol. The van der Waals surface area contributed by atoms with E-state index >= 15 is 4.39 Å². The number of rotatable bonds is 6. The van der Waals surface area contributed by atoms with Gasteiger partial charge in [0.1, 0.15) is 17.3 Å². The summed E-state index contributed by atoms with van der Waals surface area (Å²) in [4.78, 5) is 22.0. The van der Waals surface area contributed by atoms with Gasteiger partial charge in [0, 0.05) is 24.5 Å². The molecule has 15 heteroatoms. The zero-order valence-corrected chi connectivity index (χ0v) is 18.9. The van der Waals surface area contributed by atoms with Gasteiger partial charge < -0.3 is 10.2 Å².